The van der Waals surface area contributed by atoms with Crippen LogP contribution < -0.4 is 0 Å². The van der Waals surface area contributed by atoms with Crippen LogP contribution in [-0.2, 0) is 17.1 Å². The summed E-state index contributed by atoms with van der Waals surface area (Å²) in [5.74, 6) is 0. The molecular weight excluding hydrogens is 380 g/mol. The van der Waals surface area contributed by atoms with Gasteiger partial charge in [0.1, 0.15) is 0 Å². The van der Waals surface area contributed by atoms with E-state index in [1.165, 1.54) is 23.1 Å². The molecule has 1 heterocycles. The molecule has 0 amide bonds. The zero-order valence-electron chi connectivity index (χ0n) is 11.7. The second-order valence-electron chi connectivity index (χ2n) is 4.56. The van der Waals surface area contributed by atoms with Crippen molar-refractivity contribution in [3.63, 3.8) is 0 Å². The Morgan fingerprint density at radius 1 is 1.33 bits per heavy atom. The molecule has 2 aromatic rings. The summed E-state index contributed by atoms with van der Waals surface area (Å²) >= 11 is 8.97. The first-order chi connectivity index (χ1) is 9.75. The van der Waals surface area contributed by atoms with Gasteiger partial charge in [-0.3, -0.25) is 0 Å². The normalized spacial score (nSPS) is 13.6. The number of benzene rings is 1. The number of nitrogens with zero attached hydrogens (tertiary/aromatic N) is 4. The highest BCUT2D eigenvalue weighted by molar-refractivity contribution is 9.10. The van der Waals surface area contributed by atoms with Crippen molar-refractivity contribution in [2.45, 2.75) is 18.0 Å². The highest BCUT2D eigenvalue weighted by Crippen LogP contribution is 2.28. The van der Waals surface area contributed by atoms with Gasteiger partial charge in [0.15, 0.2) is 4.60 Å². The SMILES string of the molecule is CC(c1ccc(Cl)cc1)N(C)S(=O)(=O)c1c(Br)nnn1C. The maximum Gasteiger partial charge on any atom is 0.263 e. The molecule has 1 atom stereocenters. The van der Waals surface area contributed by atoms with Crippen LogP contribution in [0.1, 0.15) is 18.5 Å². The first kappa shape index (κ1) is 16.4. The van der Waals surface area contributed by atoms with Crippen molar-refractivity contribution in [2.75, 3.05) is 7.05 Å². The molecule has 0 spiro atoms. The Kier molecular flexibility index (Phi) is 4.72. The number of hydrogen-bond donors (Lipinski definition) is 0. The quantitative estimate of drug-likeness (QED) is 0.801. The van der Waals surface area contributed by atoms with E-state index < -0.39 is 10.0 Å². The van der Waals surface area contributed by atoms with Crippen molar-refractivity contribution >= 4 is 37.6 Å². The van der Waals surface area contributed by atoms with Gasteiger partial charge in [-0.1, -0.05) is 28.9 Å². The van der Waals surface area contributed by atoms with Crippen molar-refractivity contribution in [1.29, 1.82) is 0 Å². The fourth-order valence-electron chi connectivity index (χ4n) is 1.89. The van der Waals surface area contributed by atoms with E-state index >= 15 is 0 Å². The second-order valence-corrected chi connectivity index (χ2v) is 7.66. The molecular formula is C12H14BrClN4O2S. The molecule has 21 heavy (non-hydrogen) atoms. The number of hydrogen-bond acceptors (Lipinski definition) is 4. The van der Waals surface area contributed by atoms with Gasteiger partial charge < -0.3 is 0 Å². The van der Waals surface area contributed by atoms with Gasteiger partial charge in [-0.2, -0.15) is 4.31 Å². The Morgan fingerprint density at radius 2 is 1.90 bits per heavy atom. The summed E-state index contributed by atoms with van der Waals surface area (Å²) in [5, 5.41) is 8.05. The largest absolute Gasteiger partial charge is 0.263 e. The topological polar surface area (TPSA) is 68.1 Å². The molecule has 0 aliphatic carbocycles. The molecule has 0 saturated heterocycles. The van der Waals surface area contributed by atoms with E-state index in [2.05, 4.69) is 26.2 Å². The maximum atomic E-state index is 12.7. The molecule has 0 aliphatic rings. The molecule has 0 radical (unpaired) electrons. The first-order valence-electron chi connectivity index (χ1n) is 6.04. The summed E-state index contributed by atoms with van der Waals surface area (Å²) in [6.45, 7) is 1.80. The van der Waals surface area contributed by atoms with E-state index in [1.54, 1.807) is 31.2 Å². The Labute approximate surface area is 136 Å². The zero-order valence-corrected chi connectivity index (χ0v) is 14.8. The minimum atomic E-state index is -3.72. The van der Waals surface area contributed by atoms with Crippen molar-refractivity contribution in [1.82, 2.24) is 19.3 Å². The summed E-state index contributed by atoms with van der Waals surface area (Å²) < 4.78 is 28.1. The molecule has 1 unspecified atom stereocenters. The van der Waals surface area contributed by atoms with Crippen molar-refractivity contribution in [3.05, 3.63) is 39.5 Å². The van der Waals surface area contributed by atoms with Crippen LogP contribution in [0.5, 0.6) is 0 Å². The van der Waals surface area contributed by atoms with Crippen LogP contribution in [0.15, 0.2) is 33.9 Å². The minimum absolute atomic E-state index is 0.0193. The van der Waals surface area contributed by atoms with Crippen molar-refractivity contribution < 1.29 is 8.42 Å². The Balaban J connectivity index is 2.38. The minimum Gasteiger partial charge on any atom is -0.235 e. The summed E-state index contributed by atoms with van der Waals surface area (Å²) in [6, 6.07) is 6.71. The van der Waals surface area contributed by atoms with E-state index in [0.717, 1.165) is 5.56 Å². The molecule has 0 saturated carbocycles. The fraction of sp³-hybridized carbons (Fsp3) is 0.333. The van der Waals surface area contributed by atoms with Crippen LogP contribution >= 0.6 is 27.5 Å². The molecule has 0 fully saturated rings. The molecule has 0 N–H and O–H groups in total. The second kappa shape index (κ2) is 6.04. The number of sulfonamides is 1. The lowest BCUT2D eigenvalue weighted by Gasteiger charge is -2.24. The van der Waals surface area contributed by atoms with E-state index in [1.807, 2.05) is 0 Å². The summed E-state index contributed by atoms with van der Waals surface area (Å²) in [7, 11) is -0.668. The number of aryl methyl sites for hydroxylation is 1. The Morgan fingerprint density at radius 3 is 2.38 bits per heavy atom. The molecule has 114 valence electrons. The third-order valence-corrected chi connectivity index (χ3v) is 6.33. The Bertz CT molecular complexity index is 726. The molecule has 9 heteroatoms. The monoisotopic (exact) mass is 392 g/mol. The molecule has 2 rings (SSSR count). The van der Waals surface area contributed by atoms with Gasteiger partial charge in [0.25, 0.3) is 10.0 Å². The number of rotatable bonds is 4. The average Bonchev–Trinajstić information content (AvgIpc) is 2.78. The third-order valence-electron chi connectivity index (χ3n) is 3.26. The van der Waals surface area contributed by atoms with Crippen molar-refractivity contribution in [3.8, 4) is 0 Å². The standard InChI is InChI=1S/C12H14BrClN4O2S/c1-8(9-4-6-10(14)7-5-9)18(3)21(19,20)12-11(13)15-16-17(12)2/h4-8H,1-3H3. The highest BCUT2D eigenvalue weighted by atomic mass is 79.9. The summed E-state index contributed by atoms with van der Waals surface area (Å²) in [4.78, 5) is 0. The van der Waals surface area contributed by atoms with Crippen LogP contribution in [0, 0.1) is 0 Å². The van der Waals surface area contributed by atoms with Gasteiger partial charge >= 0.3 is 0 Å². The predicted molar refractivity (Wildman–Crippen MR) is 83.5 cm³/mol. The fourth-order valence-corrected chi connectivity index (χ4v) is 4.39. The van der Waals surface area contributed by atoms with Gasteiger partial charge in [0.2, 0.25) is 5.03 Å². The van der Waals surface area contributed by atoms with E-state index in [9.17, 15) is 8.42 Å². The van der Waals surface area contributed by atoms with Gasteiger partial charge in [-0.05, 0) is 40.5 Å². The lowest BCUT2D eigenvalue weighted by molar-refractivity contribution is 0.393. The Hall–Kier alpha value is -0.960. The van der Waals surface area contributed by atoms with E-state index in [4.69, 9.17) is 11.6 Å². The van der Waals surface area contributed by atoms with Gasteiger partial charge in [0.05, 0.1) is 0 Å². The van der Waals surface area contributed by atoms with E-state index in [-0.39, 0.29) is 15.7 Å². The van der Waals surface area contributed by atoms with Gasteiger partial charge in [0, 0.05) is 25.2 Å². The van der Waals surface area contributed by atoms with Gasteiger partial charge in [-0.15, -0.1) is 5.10 Å². The number of aromatic nitrogens is 3. The van der Waals surface area contributed by atoms with Crippen LogP contribution in [0.2, 0.25) is 5.02 Å². The predicted octanol–water partition coefficient (Wildman–Crippen LogP) is 2.61. The number of halogens is 2. The smallest absolute Gasteiger partial charge is 0.235 e. The van der Waals surface area contributed by atoms with Crippen molar-refractivity contribution in [2.24, 2.45) is 7.05 Å². The summed E-state index contributed by atoms with van der Waals surface area (Å²) in [5.41, 5.74) is 0.844. The zero-order chi connectivity index (χ0) is 15.8. The summed E-state index contributed by atoms with van der Waals surface area (Å²) in [6.07, 6.45) is 0. The van der Waals surface area contributed by atoms with Crippen LogP contribution in [0.4, 0.5) is 0 Å². The average molecular weight is 394 g/mol. The molecule has 6 nitrogen and oxygen atoms in total. The highest BCUT2D eigenvalue weighted by Gasteiger charge is 2.31. The van der Waals surface area contributed by atoms with E-state index in [0.29, 0.717) is 5.02 Å². The maximum absolute atomic E-state index is 12.7. The van der Waals surface area contributed by atoms with Crippen LogP contribution in [0.25, 0.3) is 0 Å². The van der Waals surface area contributed by atoms with Crippen LogP contribution in [0.3, 0.4) is 0 Å². The third kappa shape index (κ3) is 3.13. The van der Waals surface area contributed by atoms with Crippen LogP contribution in [-0.4, -0.2) is 34.8 Å². The molecule has 0 aliphatic heterocycles. The molecule has 1 aromatic heterocycles. The first-order valence-corrected chi connectivity index (χ1v) is 8.65. The molecule has 1 aromatic carbocycles. The molecule has 0 bridgehead atoms. The lowest BCUT2D eigenvalue weighted by atomic mass is 10.1. The van der Waals surface area contributed by atoms with Gasteiger partial charge in [-0.25, -0.2) is 13.1 Å². The lowest BCUT2D eigenvalue weighted by Crippen LogP contribution is -2.31.